The van der Waals surface area contributed by atoms with E-state index in [0.29, 0.717) is 5.95 Å². The first-order valence-electron chi connectivity index (χ1n) is 10.1. The van der Waals surface area contributed by atoms with Crippen LogP contribution >= 0.6 is 0 Å². The van der Waals surface area contributed by atoms with Crippen LogP contribution < -0.4 is 10.4 Å². The van der Waals surface area contributed by atoms with Gasteiger partial charge in [0.2, 0.25) is 5.95 Å². The van der Waals surface area contributed by atoms with Gasteiger partial charge in [0.15, 0.2) is 0 Å². The minimum Gasteiger partial charge on any atom is -0.399 e. The molecule has 0 radical (unpaired) electrons. The Kier molecular flexibility index (Phi) is 4.87. The average molecular weight is 389 g/mol. The van der Waals surface area contributed by atoms with Gasteiger partial charge in [-0.1, -0.05) is 42.5 Å². The normalized spacial score (nSPS) is 18.8. The number of rotatable bonds is 4. The zero-order valence-corrected chi connectivity index (χ0v) is 18.0. The van der Waals surface area contributed by atoms with Crippen LogP contribution in [0.2, 0.25) is 0 Å². The van der Waals surface area contributed by atoms with E-state index >= 15 is 0 Å². The second kappa shape index (κ2) is 7.11. The summed E-state index contributed by atoms with van der Waals surface area (Å²) in [6, 6.07) is 16.7. The monoisotopic (exact) mass is 389 g/mol. The second-order valence-corrected chi connectivity index (χ2v) is 8.77. The first kappa shape index (κ1) is 19.9. The van der Waals surface area contributed by atoms with Crippen LogP contribution in [-0.4, -0.2) is 35.3 Å². The molecule has 1 atom stereocenters. The smallest absolute Gasteiger partial charge is 0.399 e. The summed E-state index contributed by atoms with van der Waals surface area (Å²) in [4.78, 5) is 11.5. The summed E-state index contributed by atoms with van der Waals surface area (Å²) in [5, 5.41) is 0.974. The fraction of sp³-hybridized carbons (Fsp3) is 0.391. The molecule has 1 fully saturated rings. The van der Waals surface area contributed by atoms with Crippen LogP contribution in [-0.2, 0) is 9.31 Å². The minimum atomic E-state index is -0.384. The molecular weight excluding hydrogens is 361 g/mol. The molecular formula is C23H28BN3O2. The van der Waals surface area contributed by atoms with Crippen LogP contribution in [0.5, 0.6) is 0 Å². The second-order valence-electron chi connectivity index (χ2n) is 8.77. The Labute approximate surface area is 173 Å². The van der Waals surface area contributed by atoms with Crippen LogP contribution in [0.1, 0.15) is 46.2 Å². The van der Waals surface area contributed by atoms with Crippen molar-refractivity contribution in [2.45, 2.75) is 51.9 Å². The van der Waals surface area contributed by atoms with E-state index in [4.69, 9.17) is 14.3 Å². The van der Waals surface area contributed by atoms with Gasteiger partial charge < -0.3 is 14.2 Å². The highest BCUT2D eigenvalue weighted by Gasteiger charge is 2.51. The summed E-state index contributed by atoms with van der Waals surface area (Å²) in [6.07, 6.45) is 1.88. The summed E-state index contributed by atoms with van der Waals surface area (Å²) in [7, 11) is 1.64. The predicted octanol–water partition coefficient (Wildman–Crippen LogP) is 4.13. The van der Waals surface area contributed by atoms with E-state index in [9.17, 15) is 0 Å². The summed E-state index contributed by atoms with van der Waals surface area (Å²) < 4.78 is 12.3. The van der Waals surface area contributed by atoms with Crippen molar-refractivity contribution in [1.29, 1.82) is 0 Å². The molecule has 0 N–H and O–H groups in total. The SMILES string of the molecule is CC(c1ccccc1)N(C)c1ncc2cc(B3OC(C)(C)C(C)(C)O3)ccc2n1. The van der Waals surface area contributed by atoms with Gasteiger partial charge in [-0.25, -0.2) is 9.97 Å². The molecule has 1 aromatic heterocycles. The minimum absolute atomic E-state index is 0.178. The molecule has 4 rings (SSSR count). The molecule has 1 unspecified atom stereocenters. The van der Waals surface area contributed by atoms with E-state index in [2.05, 4.69) is 74.8 Å². The largest absolute Gasteiger partial charge is 0.494 e. The molecule has 0 amide bonds. The van der Waals surface area contributed by atoms with Gasteiger partial charge in [0.05, 0.1) is 22.8 Å². The maximum absolute atomic E-state index is 6.17. The third-order valence-electron chi connectivity index (χ3n) is 6.29. The van der Waals surface area contributed by atoms with Crippen LogP contribution in [0.4, 0.5) is 5.95 Å². The van der Waals surface area contributed by atoms with Crippen molar-refractivity contribution in [3.63, 3.8) is 0 Å². The van der Waals surface area contributed by atoms with Crippen molar-refractivity contribution < 1.29 is 9.31 Å². The van der Waals surface area contributed by atoms with Crippen molar-refractivity contribution >= 4 is 29.4 Å². The Morgan fingerprint density at radius 2 is 1.62 bits per heavy atom. The molecule has 3 aromatic rings. The molecule has 1 saturated heterocycles. The van der Waals surface area contributed by atoms with Crippen LogP contribution in [0.3, 0.4) is 0 Å². The predicted molar refractivity (Wildman–Crippen MR) is 119 cm³/mol. The lowest BCUT2D eigenvalue weighted by atomic mass is 9.78. The fourth-order valence-corrected chi connectivity index (χ4v) is 3.47. The molecule has 1 aliphatic heterocycles. The summed E-state index contributed by atoms with van der Waals surface area (Å²) in [6.45, 7) is 10.4. The number of nitrogens with zero attached hydrogens (tertiary/aromatic N) is 3. The van der Waals surface area contributed by atoms with E-state index in [0.717, 1.165) is 16.4 Å². The van der Waals surface area contributed by atoms with Gasteiger partial charge in [-0.2, -0.15) is 0 Å². The van der Waals surface area contributed by atoms with Crippen LogP contribution in [0.15, 0.2) is 54.7 Å². The highest BCUT2D eigenvalue weighted by atomic mass is 16.7. The van der Waals surface area contributed by atoms with Crippen molar-refractivity contribution in [2.75, 3.05) is 11.9 Å². The van der Waals surface area contributed by atoms with Crippen molar-refractivity contribution in [3.8, 4) is 0 Å². The van der Waals surface area contributed by atoms with Gasteiger partial charge in [0.1, 0.15) is 0 Å². The quantitative estimate of drug-likeness (QED) is 0.628. The lowest BCUT2D eigenvalue weighted by Gasteiger charge is -2.32. The lowest BCUT2D eigenvalue weighted by molar-refractivity contribution is 0.00578. The molecule has 5 nitrogen and oxygen atoms in total. The molecule has 150 valence electrons. The Balaban J connectivity index is 1.59. The Morgan fingerprint density at radius 3 is 2.28 bits per heavy atom. The van der Waals surface area contributed by atoms with Crippen LogP contribution in [0, 0.1) is 0 Å². The zero-order chi connectivity index (χ0) is 20.8. The zero-order valence-electron chi connectivity index (χ0n) is 18.0. The molecule has 0 spiro atoms. The molecule has 2 heterocycles. The first-order chi connectivity index (χ1) is 13.7. The topological polar surface area (TPSA) is 47.5 Å². The van der Waals surface area contributed by atoms with Gasteiger partial charge in [0, 0.05) is 18.6 Å². The van der Waals surface area contributed by atoms with Crippen LogP contribution in [0.25, 0.3) is 10.9 Å². The Bertz CT molecular complexity index is 1010. The van der Waals surface area contributed by atoms with Crippen molar-refractivity contribution in [2.24, 2.45) is 0 Å². The summed E-state index contributed by atoms with van der Waals surface area (Å²) >= 11 is 0. The number of fused-ring (bicyclic) bond motifs is 1. The van der Waals surface area contributed by atoms with Gasteiger partial charge in [0.25, 0.3) is 0 Å². The molecule has 6 heteroatoms. The molecule has 2 aromatic carbocycles. The van der Waals surface area contributed by atoms with E-state index in [1.807, 2.05) is 31.4 Å². The molecule has 0 aliphatic carbocycles. The third kappa shape index (κ3) is 3.63. The number of aromatic nitrogens is 2. The molecule has 29 heavy (non-hydrogen) atoms. The highest BCUT2D eigenvalue weighted by Crippen LogP contribution is 2.36. The van der Waals surface area contributed by atoms with E-state index < -0.39 is 0 Å². The number of benzene rings is 2. The fourth-order valence-electron chi connectivity index (χ4n) is 3.47. The summed E-state index contributed by atoms with van der Waals surface area (Å²) in [5.74, 6) is 0.706. The molecule has 0 bridgehead atoms. The average Bonchev–Trinajstić information content (AvgIpc) is 2.94. The Morgan fingerprint density at radius 1 is 0.966 bits per heavy atom. The lowest BCUT2D eigenvalue weighted by Crippen LogP contribution is -2.41. The third-order valence-corrected chi connectivity index (χ3v) is 6.29. The number of hydrogen-bond acceptors (Lipinski definition) is 5. The van der Waals surface area contributed by atoms with Gasteiger partial charge >= 0.3 is 7.12 Å². The van der Waals surface area contributed by atoms with Crippen molar-refractivity contribution in [3.05, 3.63) is 60.3 Å². The number of hydrogen-bond donors (Lipinski definition) is 0. The standard InChI is InChI=1S/C23H28BN3O2/c1-16(17-10-8-7-9-11-17)27(6)21-25-15-18-14-19(12-13-20(18)26-21)24-28-22(2,3)23(4,5)29-24/h7-16H,1-6H3. The van der Waals surface area contributed by atoms with Gasteiger partial charge in [-0.15, -0.1) is 0 Å². The Hall–Kier alpha value is -2.44. The molecule has 0 saturated carbocycles. The van der Waals surface area contributed by atoms with Gasteiger partial charge in [-0.05, 0) is 51.7 Å². The van der Waals surface area contributed by atoms with Crippen molar-refractivity contribution in [1.82, 2.24) is 9.97 Å². The van der Waals surface area contributed by atoms with E-state index in [-0.39, 0.29) is 24.4 Å². The van der Waals surface area contributed by atoms with Gasteiger partial charge in [-0.3, -0.25) is 0 Å². The van der Waals surface area contributed by atoms with E-state index in [1.165, 1.54) is 5.56 Å². The maximum Gasteiger partial charge on any atom is 0.494 e. The highest BCUT2D eigenvalue weighted by molar-refractivity contribution is 6.62. The molecule has 1 aliphatic rings. The van der Waals surface area contributed by atoms with E-state index in [1.54, 1.807) is 0 Å². The maximum atomic E-state index is 6.17. The first-order valence-corrected chi connectivity index (χ1v) is 10.1. The number of anilines is 1. The summed E-state index contributed by atoms with van der Waals surface area (Å²) in [5.41, 5.74) is 2.41.